The van der Waals surface area contributed by atoms with E-state index in [4.69, 9.17) is 5.73 Å². The van der Waals surface area contributed by atoms with Crippen molar-refractivity contribution in [3.63, 3.8) is 0 Å². The van der Waals surface area contributed by atoms with Crippen molar-refractivity contribution in [1.82, 2.24) is 9.55 Å². The molecule has 2 N–H and O–H groups in total. The second-order valence-electron chi connectivity index (χ2n) is 4.36. The number of aromatic nitrogens is 2. The van der Waals surface area contributed by atoms with E-state index < -0.39 is 0 Å². The van der Waals surface area contributed by atoms with Crippen LogP contribution in [0.15, 0.2) is 40.1 Å². The van der Waals surface area contributed by atoms with Crippen LogP contribution in [0.2, 0.25) is 0 Å². The van der Waals surface area contributed by atoms with Crippen LogP contribution in [0.4, 0.5) is 5.69 Å². The van der Waals surface area contributed by atoms with Crippen molar-refractivity contribution in [2.45, 2.75) is 30.5 Å². The number of nitrogens with two attached hydrogens (primary N) is 1. The van der Waals surface area contributed by atoms with Crippen LogP contribution in [-0.2, 0) is 5.75 Å². The summed E-state index contributed by atoms with van der Waals surface area (Å²) in [4.78, 5) is 5.30. The molecule has 1 aromatic carbocycles. The van der Waals surface area contributed by atoms with Gasteiger partial charge >= 0.3 is 0 Å². The van der Waals surface area contributed by atoms with E-state index in [1.54, 1.807) is 11.8 Å². The molecule has 0 atom stereocenters. The number of rotatable bonds is 4. The molecule has 2 aromatic rings. The van der Waals surface area contributed by atoms with Crippen molar-refractivity contribution < 1.29 is 0 Å². The number of imidazole rings is 1. The van der Waals surface area contributed by atoms with Crippen molar-refractivity contribution in [3.8, 4) is 0 Å². The molecule has 1 aromatic heterocycles. The molecule has 0 unspecified atom stereocenters. The summed E-state index contributed by atoms with van der Waals surface area (Å²) in [6, 6.07) is 6.36. The first-order chi connectivity index (χ1) is 8.58. The van der Waals surface area contributed by atoms with Crippen molar-refractivity contribution in [2.75, 3.05) is 5.73 Å². The fourth-order valence-corrected chi connectivity index (χ4v) is 3.18. The normalized spacial score (nSPS) is 11.1. The number of benzene rings is 1. The van der Waals surface area contributed by atoms with Crippen molar-refractivity contribution >= 4 is 33.4 Å². The first-order valence-corrected chi connectivity index (χ1v) is 7.54. The molecule has 1 heterocycles. The molecule has 0 aliphatic rings. The van der Waals surface area contributed by atoms with Gasteiger partial charge in [-0.3, -0.25) is 0 Å². The number of hydrogen-bond donors (Lipinski definition) is 1. The highest BCUT2D eigenvalue weighted by atomic mass is 79.9. The summed E-state index contributed by atoms with van der Waals surface area (Å²) >= 11 is 5.20. The minimum absolute atomic E-state index is 0.433. The Labute approximate surface area is 120 Å². The quantitative estimate of drug-likeness (QED) is 0.679. The van der Waals surface area contributed by atoms with E-state index in [0.717, 1.165) is 20.8 Å². The van der Waals surface area contributed by atoms with Crippen LogP contribution < -0.4 is 5.73 Å². The number of nitrogens with zero attached hydrogens (tertiary/aromatic N) is 2. The number of thioether (sulfide) groups is 1. The predicted octanol–water partition coefficient (Wildman–Crippen LogP) is 4.10. The van der Waals surface area contributed by atoms with E-state index in [0.29, 0.717) is 6.04 Å². The van der Waals surface area contributed by atoms with Gasteiger partial charge in [-0.25, -0.2) is 4.98 Å². The van der Waals surface area contributed by atoms with Gasteiger partial charge in [-0.2, -0.15) is 0 Å². The molecule has 0 saturated heterocycles. The molecule has 0 amide bonds. The Morgan fingerprint density at radius 3 is 2.94 bits per heavy atom. The van der Waals surface area contributed by atoms with Crippen LogP contribution in [0.25, 0.3) is 0 Å². The molecule has 0 aliphatic heterocycles. The van der Waals surface area contributed by atoms with E-state index in [1.165, 1.54) is 5.69 Å². The minimum atomic E-state index is 0.433. The Hall–Kier alpha value is -0.940. The van der Waals surface area contributed by atoms with E-state index in [9.17, 15) is 0 Å². The lowest BCUT2D eigenvalue weighted by Gasteiger charge is -2.12. The molecule has 3 nitrogen and oxygen atoms in total. The van der Waals surface area contributed by atoms with Crippen LogP contribution in [-0.4, -0.2) is 9.55 Å². The van der Waals surface area contributed by atoms with Gasteiger partial charge in [0.25, 0.3) is 0 Å². The fraction of sp³-hybridized carbons (Fsp3) is 0.308. The summed E-state index contributed by atoms with van der Waals surface area (Å²) in [5.74, 6) is 0.874. The summed E-state index contributed by atoms with van der Waals surface area (Å²) in [6.07, 6.45) is 3.80. The summed E-state index contributed by atoms with van der Waals surface area (Å²) < 4.78 is 3.23. The number of anilines is 1. The molecule has 96 valence electrons. The monoisotopic (exact) mass is 325 g/mol. The van der Waals surface area contributed by atoms with Gasteiger partial charge < -0.3 is 10.3 Å². The molecule has 0 saturated carbocycles. The first kappa shape index (κ1) is 13.5. The topological polar surface area (TPSA) is 43.8 Å². The Balaban J connectivity index is 2.11. The van der Waals surface area contributed by atoms with Gasteiger partial charge in [0.05, 0.1) is 6.33 Å². The molecule has 0 fully saturated rings. The smallest absolute Gasteiger partial charge is 0.0950 e. The Bertz CT molecular complexity index is 537. The largest absolute Gasteiger partial charge is 0.398 e. The van der Waals surface area contributed by atoms with Gasteiger partial charge in [-0.15, -0.1) is 11.8 Å². The van der Waals surface area contributed by atoms with E-state index in [2.05, 4.69) is 45.4 Å². The Morgan fingerprint density at radius 2 is 2.22 bits per heavy atom. The van der Waals surface area contributed by atoms with Crippen LogP contribution in [0, 0.1) is 0 Å². The summed E-state index contributed by atoms with van der Waals surface area (Å²) in [5.41, 5.74) is 8.00. The lowest BCUT2D eigenvalue weighted by atomic mass is 10.3. The van der Waals surface area contributed by atoms with Gasteiger partial charge in [0.2, 0.25) is 0 Å². The third-order valence-corrected chi connectivity index (χ3v) is 4.25. The van der Waals surface area contributed by atoms with Crippen molar-refractivity contribution in [3.05, 3.63) is 40.9 Å². The van der Waals surface area contributed by atoms with Gasteiger partial charge in [0.1, 0.15) is 0 Å². The molecule has 0 spiro atoms. The number of halogens is 1. The average molecular weight is 326 g/mol. The lowest BCUT2D eigenvalue weighted by molar-refractivity contribution is 0.584. The predicted molar refractivity (Wildman–Crippen MR) is 80.7 cm³/mol. The SMILES string of the molecule is CC(C)n1cncc1CSc1cc(Br)ccc1N. The maximum atomic E-state index is 5.96. The lowest BCUT2D eigenvalue weighted by Crippen LogP contribution is -2.03. The Morgan fingerprint density at radius 1 is 1.44 bits per heavy atom. The average Bonchev–Trinajstić information content (AvgIpc) is 2.79. The molecule has 18 heavy (non-hydrogen) atoms. The van der Waals surface area contributed by atoms with Crippen LogP contribution in [0.1, 0.15) is 25.6 Å². The molecule has 0 radical (unpaired) electrons. The molecular weight excluding hydrogens is 310 g/mol. The summed E-state index contributed by atoms with van der Waals surface area (Å²) in [5, 5.41) is 0. The summed E-state index contributed by atoms with van der Waals surface area (Å²) in [7, 11) is 0. The third kappa shape index (κ3) is 3.09. The van der Waals surface area contributed by atoms with Crippen LogP contribution in [0.5, 0.6) is 0 Å². The highest BCUT2D eigenvalue weighted by Crippen LogP contribution is 2.31. The highest BCUT2D eigenvalue weighted by Gasteiger charge is 2.07. The van der Waals surface area contributed by atoms with Crippen LogP contribution >= 0.6 is 27.7 Å². The minimum Gasteiger partial charge on any atom is -0.398 e. The van der Waals surface area contributed by atoms with Gasteiger partial charge in [0.15, 0.2) is 0 Å². The molecule has 5 heteroatoms. The summed E-state index contributed by atoms with van der Waals surface area (Å²) in [6.45, 7) is 4.31. The Kier molecular flexibility index (Phi) is 4.35. The maximum Gasteiger partial charge on any atom is 0.0950 e. The third-order valence-electron chi connectivity index (χ3n) is 2.65. The van der Waals surface area contributed by atoms with Gasteiger partial charge in [0, 0.05) is 38.7 Å². The molecule has 0 aliphatic carbocycles. The fourth-order valence-electron chi connectivity index (χ4n) is 1.69. The number of nitrogen functional groups attached to an aromatic ring is 1. The first-order valence-electron chi connectivity index (χ1n) is 5.76. The second-order valence-corrected chi connectivity index (χ2v) is 6.29. The molecule has 2 rings (SSSR count). The zero-order chi connectivity index (χ0) is 13.1. The van der Waals surface area contributed by atoms with E-state index in [-0.39, 0.29) is 0 Å². The maximum absolute atomic E-state index is 5.96. The van der Waals surface area contributed by atoms with E-state index in [1.807, 2.05) is 24.7 Å². The standard InChI is InChI=1S/C13H16BrN3S/c1-9(2)17-8-16-6-11(17)7-18-13-5-10(14)3-4-12(13)15/h3-6,8-9H,7,15H2,1-2H3. The van der Waals surface area contributed by atoms with Gasteiger partial charge in [-0.1, -0.05) is 15.9 Å². The molecular formula is C13H16BrN3S. The van der Waals surface area contributed by atoms with Gasteiger partial charge in [-0.05, 0) is 32.0 Å². The molecule has 0 bridgehead atoms. The zero-order valence-corrected chi connectivity index (χ0v) is 12.8. The van der Waals surface area contributed by atoms with Crippen LogP contribution in [0.3, 0.4) is 0 Å². The number of hydrogen-bond acceptors (Lipinski definition) is 3. The second kappa shape index (κ2) is 5.80. The van der Waals surface area contributed by atoms with Crippen molar-refractivity contribution in [1.29, 1.82) is 0 Å². The highest BCUT2D eigenvalue weighted by molar-refractivity contribution is 9.10. The van der Waals surface area contributed by atoms with Crippen molar-refractivity contribution in [2.24, 2.45) is 0 Å². The zero-order valence-electron chi connectivity index (χ0n) is 10.4. The van der Waals surface area contributed by atoms with E-state index >= 15 is 0 Å².